The molecule has 84 valence electrons. The quantitative estimate of drug-likeness (QED) is 0.426. The van der Waals surface area contributed by atoms with E-state index in [1.54, 1.807) is 12.8 Å². The van der Waals surface area contributed by atoms with Crippen molar-refractivity contribution < 1.29 is 0 Å². The van der Waals surface area contributed by atoms with E-state index in [0.717, 1.165) is 23.7 Å². The van der Waals surface area contributed by atoms with E-state index >= 15 is 0 Å². The van der Waals surface area contributed by atoms with Crippen LogP contribution in [0.3, 0.4) is 0 Å². The molecule has 0 amide bonds. The predicted molar refractivity (Wildman–Crippen MR) is 64.2 cm³/mol. The van der Waals surface area contributed by atoms with Gasteiger partial charge in [-0.05, 0) is 36.5 Å². The first-order valence-electron chi connectivity index (χ1n) is 7.57. The van der Waals surface area contributed by atoms with Gasteiger partial charge in [0.2, 0.25) is 0 Å². The summed E-state index contributed by atoms with van der Waals surface area (Å²) in [6.07, 6.45) is 14.4. The topological polar surface area (TPSA) is 0 Å². The van der Waals surface area contributed by atoms with Gasteiger partial charge in [0.1, 0.15) is 0 Å². The van der Waals surface area contributed by atoms with E-state index in [0.29, 0.717) is 0 Å². The summed E-state index contributed by atoms with van der Waals surface area (Å²) < 4.78 is 0. The smallest absolute Gasteiger partial charge is 0.0462 e. The summed E-state index contributed by atoms with van der Waals surface area (Å²) in [6.45, 7) is 0. The van der Waals surface area contributed by atoms with Crippen LogP contribution in [0.15, 0.2) is 0 Å². The van der Waals surface area contributed by atoms with E-state index in [2.05, 4.69) is 12.8 Å². The summed E-state index contributed by atoms with van der Waals surface area (Å²) in [4.78, 5) is 0. The zero-order valence-electron chi connectivity index (χ0n) is 10.0. The van der Waals surface area contributed by atoms with E-state index in [1.807, 2.05) is 0 Å². The van der Waals surface area contributed by atoms with Crippen LogP contribution >= 0.6 is 0 Å². The monoisotopic (exact) mass is 214 g/mol. The molecule has 0 aromatic carbocycles. The molecule has 0 aromatic heterocycles. The molecule has 8 unspecified atom stereocenters. The maximum Gasteiger partial charge on any atom is 0.0910 e. The Hall–Kier alpha value is -0.260. The Labute approximate surface area is 99.2 Å². The minimum atomic E-state index is 1.14. The van der Waals surface area contributed by atoms with Crippen molar-refractivity contribution in [1.82, 2.24) is 0 Å². The van der Waals surface area contributed by atoms with Crippen LogP contribution in [0.25, 0.3) is 0 Å². The van der Waals surface area contributed by atoms with Crippen LogP contribution in [0.1, 0.15) is 38.5 Å². The first-order valence-corrected chi connectivity index (χ1v) is 7.57. The highest BCUT2D eigenvalue weighted by molar-refractivity contribution is 5.14. The van der Waals surface area contributed by atoms with Crippen molar-refractivity contribution in [2.45, 2.75) is 38.5 Å². The molecular formula is C16H22+2. The third-order valence-corrected chi connectivity index (χ3v) is 6.84. The molecule has 0 heterocycles. The Morgan fingerprint density at radius 2 is 0.750 bits per heavy atom. The van der Waals surface area contributed by atoms with Gasteiger partial charge in [-0.25, -0.2) is 0 Å². The maximum absolute atomic E-state index is 2.63. The average molecular weight is 214 g/mol. The van der Waals surface area contributed by atoms with Crippen LogP contribution in [0, 0.1) is 60.2 Å². The van der Waals surface area contributed by atoms with Crippen LogP contribution in [0.2, 0.25) is 0 Å². The molecule has 0 saturated heterocycles. The summed E-state index contributed by atoms with van der Waals surface area (Å²) in [6, 6.07) is 0. The number of fused-ring (bicyclic) bond motifs is 8. The highest BCUT2D eigenvalue weighted by Crippen LogP contribution is 2.69. The Bertz CT molecular complexity index is 260. The predicted octanol–water partition coefficient (Wildman–Crippen LogP) is 3.73. The molecule has 0 aromatic rings. The molecule has 0 aliphatic heterocycles. The standard InChI is InChI=1S/C16H22/c1-3-9-10(4-1)14-8-16(14)12-6-2-5-11(12)15-7-13(9)15/h1-2,9-16H,3-8H2/q+2. The molecule has 0 N–H and O–H groups in total. The summed E-state index contributed by atoms with van der Waals surface area (Å²) in [5.74, 6) is 9.24. The third kappa shape index (κ3) is 0.978. The fourth-order valence-corrected chi connectivity index (χ4v) is 6.07. The van der Waals surface area contributed by atoms with Gasteiger partial charge in [-0.15, -0.1) is 0 Å². The van der Waals surface area contributed by atoms with Gasteiger partial charge < -0.3 is 0 Å². The Kier molecular flexibility index (Phi) is 1.52. The fraction of sp³-hybridized carbons (Fsp3) is 0.875. The summed E-state index contributed by atoms with van der Waals surface area (Å²) in [5.41, 5.74) is 0. The molecule has 5 aliphatic rings. The zero-order chi connectivity index (χ0) is 10.3. The molecule has 5 rings (SSSR count). The van der Waals surface area contributed by atoms with Crippen LogP contribution in [-0.4, -0.2) is 0 Å². The highest BCUT2D eigenvalue weighted by Gasteiger charge is 2.66. The van der Waals surface area contributed by atoms with Gasteiger partial charge >= 0.3 is 0 Å². The SMILES string of the molecule is [CH+]1CC2C(C1)C1CC1C1C[CH+]CC1C1CC21. The van der Waals surface area contributed by atoms with Crippen molar-refractivity contribution >= 4 is 0 Å². The summed E-state index contributed by atoms with van der Waals surface area (Å²) >= 11 is 0. The van der Waals surface area contributed by atoms with Crippen LogP contribution in [0.4, 0.5) is 0 Å². The van der Waals surface area contributed by atoms with Crippen LogP contribution in [0.5, 0.6) is 0 Å². The molecule has 0 bridgehead atoms. The number of rotatable bonds is 0. The molecular weight excluding hydrogens is 192 g/mol. The maximum atomic E-state index is 2.63. The average Bonchev–Trinajstić information content (AvgIpc) is 3.16. The van der Waals surface area contributed by atoms with E-state index < -0.39 is 0 Å². The van der Waals surface area contributed by atoms with Gasteiger partial charge in [0.15, 0.2) is 0 Å². The second-order valence-electron chi connectivity index (χ2n) is 7.30. The van der Waals surface area contributed by atoms with Gasteiger partial charge in [-0.1, -0.05) is 0 Å². The molecule has 16 heavy (non-hydrogen) atoms. The first kappa shape index (κ1) is 8.78. The van der Waals surface area contributed by atoms with Crippen LogP contribution in [-0.2, 0) is 0 Å². The van der Waals surface area contributed by atoms with Crippen molar-refractivity contribution in [3.05, 3.63) is 12.8 Å². The summed E-state index contributed by atoms with van der Waals surface area (Å²) in [7, 11) is 0. The highest BCUT2D eigenvalue weighted by atomic mass is 14.7. The van der Waals surface area contributed by atoms with Crippen LogP contribution < -0.4 is 0 Å². The van der Waals surface area contributed by atoms with Gasteiger partial charge in [0, 0.05) is 23.7 Å². The van der Waals surface area contributed by atoms with Gasteiger partial charge in [-0.2, -0.15) is 0 Å². The largest absolute Gasteiger partial charge is 0.0910 e. The molecule has 8 atom stereocenters. The molecule has 0 spiro atoms. The summed E-state index contributed by atoms with van der Waals surface area (Å²) in [5, 5.41) is 0. The second-order valence-corrected chi connectivity index (χ2v) is 7.30. The third-order valence-electron chi connectivity index (χ3n) is 6.84. The molecule has 5 saturated carbocycles. The van der Waals surface area contributed by atoms with Crippen molar-refractivity contribution in [2.75, 3.05) is 0 Å². The Balaban J connectivity index is 1.52. The number of hydrogen-bond donors (Lipinski definition) is 0. The van der Waals surface area contributed by atoms with Gasteiger partial charge in [-0.3, -0.25) is 0 Å². The molecule has 0 nitrogen and oxygen atoms in total. The van der Waals surface area contributed by atoms with E-state index in [9.17, 15) is 0 Å². The normalized spacial score (nSPS) is 65.0. The van der Waals surface area contributed by atoms with Gasteiger partial charge in [0.25, 0.3) is 0 Å². The van der Waals surface area contributed by atoms with Crippen molar-refractivity contribution in [3.8, 4) is 0 Å². The van der Waals surface area contributed by atoms with E-state index in [1.165, 1.54) is 49.4 Å². The van der Waals surface area contributed by atoms with Crippen molar-refractivity contribution in [1.29, 1.82) is 0 Å². The van der Waals surface area contributed by atoms with E-state index in [4.69, 9.17) is 0 Å². The molecule has 0 heteroatoms. The molecule has 0 radical (unpaired) electrons. The first-order chi connectivity index (χ1) is 7.93. The minimum absolute atomic E-state index is 1.14. The second kappa shape index (κ2) is 2.76. The lowest BCUT2D eigenvalue weighted by atomic mass is 9.77. The lowest BCUT2D eigenvalue weighted by molar-refractivity contribution is 0.195. The Morgan fingerprint density at radius 3 is 1.06 bits per heavy atom. The fourth-order valence-electron chi connectivity index (χ4n) is 6.07. The lowest BCUT2D eigenvalue weighted by Crippen LogP contribution is -2.23. The minimum Gasteiger partial charge on any atom is -0.0462 e. The van der Waals surface area contributed by atoms with Crippen molar-refractivity contribution in [3.63, 3.8) is 0 Å². The zero-order valence-corrected chi connectivity index (χ0v) is 10.0. The lowest BCUT2D eigenvalue weighted by Gasteiger charge is -2.24. The van der Waals surface area contributed by atoms with Gasteiger partial charge in [0.05, 0.1) is 38.5 Å². The molecule has 5 aliphatic carbocycles. The molecule has 5 fully saturated rings. The number of hydrogen-bond acceptors (Lipinski definition) is 0. The van der Waals surface area contributed by atoms with Crippen molar-refractivity contribution in [2.24, 2.45) is 47.3 Å². The Morgan fingerprint density at radius 1 is 0.438 bits per heavy atom. The van der Waals surface area contributed by atoms with E-state index in [-0.39, 0.29) is 0 Å².